The molecule has 0 amide bonds. The molecule has 4 heteroatoms. The van der Waals surface area contributed by atoms with Gasteiger partial charge in [-0.2, -0.15) is 0 Å². The quantitative estimate of drug-likeness (QED) is 0.266. The predicted molar refractivity (Wildman–Crippen MR) is 126 cm³/mol. The van der Waals surface area contributed by atoms with Gasteiger partial charge in [0.1, 0.15) is 17.2 Å². The van der Waals surface area contributed by atoms with Gasteiger partial charge in [-0.05, 0) is 54.2 Å². The fourth-order valence-corrected chi connectivity index (χ4v) is 3.83. The SMILES string of the molecule is CC(C)CCCC(C)CCOc1ccc(Oc2cc(CBr)ccc2CBr)cc1. The molecule has 0 N–H and O–H groups in total. The molecule has 0 aliphatic carbocycles. The van der Waals surface area contributed by atoms with E-state index in [2.05, 4.69) is 70.8 Å². The maximum absolute atomic E-state index is 6.10. The van der Waals surface area contributed by atoms with Crippen molar-refractivity contribution in [3.63, 3.8) is 0 Å². The van der Waals surface area contributed by atoms with E-state index in [9.17, 15) is 0 Å². The predicted octanol–water partition coefficient (Wildman–Crippen LogP) is 8.50. The van der Waals surface area contributed by atoms with Gasteiger partial charge in [-0.1, -0.05) is 84.0 Å². The van der Waals surface area contributed by atoms with Crippen LogP contribution in [0.4, 0.5) is 0 Å². The third kappa shape index (κ3) is 8.16. The highest BCUT2D eigenvalue weighted by Crippen LogP contribution is 2.30. The molecule has 28 heavy (non-hydrogen) atoms. The minimum Gasteiger partial charge on any atom is -0.494 e. The van der Waals surface area contributed by atoms with Crippen molar-refractivity contribution >= 4 is 31.9 Å². The summed E-state index contributed by atoms with van der Waals surface area (Å²) in [5, 5.41) is 1.58. The summed E-state index contributed by atoms with van der Waals surface area (Å²) in [6, 6.07) is 14.2. The number of hydrogen-bond donors (Lipinski definition) is 0. The molecule has 0 heterocycles. The van der Waals surface area contributed by atoms with E-state index < -0.39 is 0 Å². The Labute approximate surface area is 187 Å². The highest BCUT2D eigenvalue weighted by atomic mass is 79.9. The van der Waals surface area contributed by atoms with Crippen molar-refractivity contribution in [1.82, 2.24) is 0 Å². The maximum Gasteiger partial charge on any atom is 0.131 e. The zero-order valence-corrected chi connectivity index (χ0v) is 20.4. The van der Waals surface area contributed by atoms with E-state index in [-0.39, 0.29) is 0 Å². The van der Waals surface area contributed by atoms with Gasteiger partial charge >= 0.3 is 0 Å². The molecule has 2 rings (SSSR count). The van der Waals surface area contributed by atoms with Crippen LogP contribution in [0.5, 0.6) is 17.2 Å². The van der Waals surface area contributed by atoms with E-state index in [0.29, 0.717) is 5.92 Å². The zero-order chi connectivity index (χ0) is 20.4. The molecular formula is C24H32Br2O2. The van der Waals surface area contributed by atoms with Crippen LogP contribution < -0.4 is 9.47 Å². The summed E-state index contributed by atoms with van der Waals surface area (Å²) in [7, 11) is 0. The monoisotopic (exact) mass is 510 g/mol. The molecule has 2 aromatic carbocycles. The first-order valence-electron chi connectivity index (χ1n) is 10.2. The molecule has 2 nitrogen and oxygen atoms in total. The fraction of sp³-hybridized carbons (Fsp3) is 0.500. The van der Waals surface area contributed by atoms with Gasteiger partial charge in [-0.15, -0.1) is 0 Å². The first-order chi connectivity index (χ1) is 13.5. The summed E-state index contributed by atoms with van der Waals surface area (Å²) >= 11 is 7.03. The maximum atomic E-state index is 6.10. The first-order valence-corrected chi connectivity index (χ1v) is 12.4. The summed E-state index contributed by atoms with van der Waals surface area (Å²) in [6.45, 7) is 7.67. The molecule has 0 fully saturated rings. The molecule has 0 aliphatic heterocycles. The van der Waals surface area contributed by atoms with Gasteiger partial charge < -0.3 is 9.47 Å². The lowest BCUT2D eigenvalue weighted by Crippen LogP contribution is -2.04. The van der Waals surface area contributed by atoms with Gasteiger partial charge in [-0.25, -0.2) is 0 Å². The standard InChI is InChI=1S/C24H32Br2O2/c1-18(2)5-4-6-19(3)13-14-27-22-9-11-23(12-10-22)28-24-15-20(16-25)7-8-21(24)17-26/h7-12,15,18-19H,4-6,13-14,16-17H2,1-3H3. The minimum absolute atomic E-state index is 0.714. The second-order valence-electron chi connectivity index (χ2n) is 7.85. The highest BCUT2D eigenvalue weighted by Gasteiger charge is 2.07. The van der Waals surface area contributed by atoms with Crippen LogP contribution in [-0.4, -0.2) is 6.61 Å². The second-order valence-corrected chi connectivity index (χ2v) is 8.97. The van der Waals surface area contributed by atoms with Gasteiger partial charge in [0.05, 0.1) is 6.61 Å². The summed E-state index contributed by atoms with van der Waals surface area (Å²) in [5.74, 6) is 4.13. The number of hydrogen-bond acceptors (Lipinski definition) is 2. The van der Waals surface area contributed by atoms with Gasteiger partial charge in [-0.3, -0.25) is 0 Å². The van der Waals surface area contributed by atoms with Crippen molar-refractivity contribution in [2.45, 2.75) is 57.1 Å². The molecular weight excluding hydrogens is 480 g/mol. The molecule has 1 atom stereocenters. The van der Waals surface area contributed by atoms with Gasteiger partial charge in [0.2, 0.25) is 0 Å². The van der Waals surface area contributed by atoms with E-state index in [1.54, 1.807) is 0 Å². The number of rotatable bonds is 12. The number of benzene rings is 2. The van der Waals surface area contributed by atoms with Crippen LogP contribution in [0, 0.1) is 11.8 Å². The molecule has 0 spiro atoms. The zero-order valence-electron chi connectivity index (χ0n) is 17.2. The Kier molecular flexibility index (Phi) is 10.4. The van der Waals surface area contributed by atoms with Crippen molar-refractivity contribution < 1.29 is 9.47 Å². The molecule has 0 aromatic heterocycles. The fourth-order valence-electron chi connectivity index (χ4n) is 3.02. The Hall–Kier alpha value is -1.00. The largest absolute Gasteiger partial charge is 0.494 e. The van der Waals surface area contributed by atoms with Crippen molar-refractivity contribution in [3.8, 4) is 17.2 Å². The number of halogens is 2. The summed E-state index contributed by atoms with van der Waals surface area (Å²) < 4.78 is 12.0. The summed E-state index contributed by atoms with van der Waals surface area (Å²) in [5.41, 5.74) is 2.33. The van der Waals surface area contributed by atoms with Crippen molar-refractivity contribution in [2.24, 2.45) is 11.8 Å². The molecule has 0 bridgehead atoms. The lowest BCUT2D eigenvalue weighted by molar-refractivity contribution is 0.275. The van der Waals surface area contributed by atoms with Crippen LogP contribution in [0.1, 0.15) is 57.6 Å². The molecule has 1 unspecified atom stereocenters. The first kappa shape index (κ1) is 23.3. The van der Waals surface area contributed by atoms with Crippen LogP contribution in [-0.2, 0) is 10.7 Å². The summed E-state index contributed by atoms with van der Waals surface area (Å²) in [4.78, 5) is 0. The summed E-state index contributed by atoms with van der Waals surface area (Å²) in [6.07, 6.45) is 5.03. The van der Waals surface area contributed by atoms with Gasteiger partial charge in [0, 0.05) is 16.2 Å². The topological polar surface area (TPSA) is 18.5 Å². The van der Waals surface area contributed by atoms with Crippen LogP contribution in [0.2, 0.25) is 0 Å². The van der Waals surface area contributed by atoms with Crippen LogP contribution in [0.15, 0.2) is 42.5 Å². The van der Waals surface area contributed by atoms with E-state index in [1.165, 1.54) is 24.8 Å². The average molecular weight is 512 g/mol. The molecule has 0 radical (unpaired) electrons. The number of alkyl halides is 2. The lowest BCUT2D eigenvalue weighted by Gasteiger charge is -2.14. The second kappa shape index (κ2) is 12.5. The van der Waals surface area contributed by atoms with Crippen molar-refractivity contribution in [2.75, 3.05) is 6.61 Å². The molecule has 2 aromatic rings. The molecule has 0 aliphatic rings. The lowest BCUT2D eigenvalue weighted by atomic mass is 9.98. The smallest absolute Gasteiger partial charge is 0.131 e. The Balaban J connectivity index is 1.82. The Morgan fingerprint density at radius 3 is 2.18 bits per heavy atom. The van der Waals surface area contributed by atoms with Crippen LogP contribution >= 0.6 is 31.9 Å². The van der Waals surface area contributed by atoms with E-state index in [4.69, 9.17) is 9.47 Å². The van der Waals surface area contributed by atoms with Gasteiger partial charge in [0.25, 0.3) is 0 Å². The van der Waals surface area contributed by atoms with E-state index in [1.807, 2.05) is 24.3 Å². The third-order valence-corrected chi connectivity index (χ3v) is 6.09. The van der Waals surface area contributed by atoms with Gasteiger partial charge in [0.15, 0.2) is 0 Å². The Morgan fingerprint density at radius 2 is 1.54 bits per heavy atom. The molecule has 0 saturated heterocycles. The normalized spacial score (nSPS) is 12.2. The third-order valence-electron chi connectivity index (χ3n) is 4.84. The highest BCUT2D eigenvalue weighted by molar-refractivity contribution is 9.08. The minimum atomic E-state index is 0.714. The Morgan fingerprint density at radius 1 is 0.821 bits per heavy atom. The molecule has 154 valence electrons. The van der Waals surface area contributed by atoms with Crippen molar-refractivity contribution in [1.29, 1.82) is 0 Å². The van der Waals surface area contributed by atoms with Crippen molar-refractivity contribution in [3.05, 3.63) is 53.6 Å². The van der Waals surface area contributed by atoms with E-state index >= 15 is 0 Å². The van der Waals surface area contributed by atoms with E-state index in [0.717, 1.165) is 52.4 Å². The van der Waals surface area contributed by atoms with Crippen LogP contribution in [0.3, 0.4) is 0 Å². The molecule has 0 saturated carbocycles. The van der Waals surface area contributed by atoms with Crippen LogP contribution in [0.25, 0.3) is 0 Å². The Bertz CT molecular complexity index is 698. The number of ether oxygens (including phenoxy) is 2. The average Bonchev–Trinajstić information content (AvgIpc) is 2.69.